The van der Waals surface area contributed by atoms with Crippen LogP contribution in [0.2, 0.25) is 0 Å². The average Bonchev–Trinajstić information content (AvgIpc) is 2.88. The van der Waals surface area contributed by atoms with Crippen molar-refractivity contribution in [2.75, 3.05) is 11.5 Å². The van der Waals surface area contributed by atoms with Crippen molar-refractivity contribution in [1.29, 1.82) is 0 Å². The molecule has 1 saturated heterocycles. The van der Waals surface area contributed by atoms with Crippen molar-refractivity contribution in [2.45, 2.75) is 51.8 Å². The van der Waals surface area contributed by atoms with Crippen LogP contribution in [0.15, 0.2) is 18.2 Å². The molecule has 2 unspecified atom stereocenters. The average molecular weight is 334 g/mol. The first-order valence-electron chi connectivity index (χ1n) is 8.03. The fourth-order valence-corrected chi connectivity index (χ4v) is 4.50. The van der Waals surface area contributed by atoms with Gasteiger partial charge in [-0.3, -0.25) is 0 Å². The first-order chi connectivity index (χ1) is 11.0. The zero-order chi connectivity index (χ0) is 16.6. The summed E-state index contributed by atoms with van der Waals surface area (Å²) in [4.78, 5) is 18.9. The van der Waals surface area contributed by atoms with E-state index in [0.29, 0.717) is 12.2 Å². The molecule has 2 heterocycles. The molecule has 1 aromatic heterocycles. The molecule has 1 aliphatic heterocycles. The number of carbonyl (C=O) groups is 1. The number of aliphatic hydroxyl groups excluding tert-OH is 1. The predicted octanol–water partition coefficient (Wildman–Crippen LogP) is 3.21. The summed E-state index contributed by atoms with van der Waals surface area (Å²) in [6.45, 7) is 6.41. The van der Waals surface area contributed by atoms with Crippen LogP contribution in [0.25, 0.3) is 10.2 Å². The van der Waals surface area contributed by atoms with Crippen molar-refractivity contribution in [1.82, 2.24) is 4.98 Å². The van der Waals surface area contributed by atoms with E-state index in [4.69, 9.17) is 9.72 Å². The quantitative estimate of drug-likeness (QED) is 0.873. The fraction of sp³-hybridized carbons (Fsp3) is 0.529. The molecule has 0 bridgehead atoms. The van der Waals surface area contributed by atoms with Gasteiger partial charge in [0.05, 0.1) is 28.5 Å². The molecular weight excluding hydrogens is 312 g/mol. The van der Waals surface area contributed by atoms with E-state index in [2.05, 4.69) is 18.7 Å². The zero-order valence-corrected chi connectivity index (χ0v) is 14.5. The second-order valence-electron chi connectivity index (χ2n) is 6.13. The van der Waals surface area contributed by atoms with Crippen LogP contribution in [0, 0.1) is 0 Å². The predicted molar refractivity (Wildman–Crippen MR) is 92.2 cm³/mol. The maximum Gasteiger partial charge on any atom is 0.338 e. The van der Waals surface area contributed by atoms with E-state index in [1.807, 2.05) is 12.1 Å². The molecule has 3 rings (SSSR count). The van der Waals surface area contributed by atoms with Crippen molar-refractivity contribution >= 4 is 32.7 Å². The molecule has 1 aromatic carbocycles. The van der Waals surface area contributed by atoms with E-state index >= 15 is 0 Å². The highest BCUT2D eigenvalue weighted by atomic mass is 32.1. The third-order valence-electron chi connectivity index (χ3n) is 4.29. The summed E-state index contributed by atoms with van der Waals surface area (Å²) in [5, 5.41) is 10.9. The van der Waals surface area contributed by atoms with Gasteiger partial charge < -0.3 is 14.7 Å². The van der Waals surface area contributed by atoms with Crippen LogP contribution in [-0.4, -0.2) is 40.9 Å². The number of carbonyl (C=O) groups excluding carboxylic acids is 1. The summed E-state index contributed by atoms with van der Waals surface area (Å²) >= 11 is 1.59. The number of hydrogen-bond donors (Lipinski definition) is 1. The van der Waals surface area contributed by atoms with E-state index in [-0.39, 0.29) is 24.2 Å². The highest BCUT2D eigenvalue weighted by molar-refractivity contribution is 7.22. The van der Waals surface area contributed by atoms with E-state index < -0.39 is 0 Å². The van der Waals surface area contributed by atoms with Gasteiger partial charge in [0.15, 0.2) is 5.13 Å². The minimum absolute atomic E-state index is 0.235. The van der Waals surface area contributed by atoms with Gasteiger partial charge in [0, 0.05) is 12.1 Å². The standard InChI is InChI=1S/C17H22N2O3S/c1-4-22-16(21)12-5-6-14-15(9-12)23-17(18-14)19-10(2)7-13(20)8-11(19)3/h5-6,9-11,13,20H,4,7-8H2,1-3H3. The molecule has 2 aromatic rings. The van der Waals surface area contributed by atoms with Crippen LogP contribution in [0.5, 0.6) is 0 Å². The molecule has 0 saturated carbocycles. The van der Waals surface area contributed by atoms with Crippen molar-refractivity contribution in [3.8, 4) is 0 Å². The number of aliphatic hydroxyl groups is 1. The lowest BCUT2D eigenvalue weighted by Crippen LogP contribution is -2.48. The van der Waals surface area contributed by atoms with Crippen LogP contribution in [-0.2, 0) is 4.74 Å². The number of benzene rings is 1. The number of piperidine rings is 1. The number of anilines is 1. The molecule has 1 aliphatic rings. The molecule has 0 spiro atoms. The Kier molecular flexibility index (Phi) is 4.55. The molecular formula is C17H22N2O3S. The summed E-state index contributed by atoms with van der Waals surface area (Å²) < 4.78 is 6.04. The first-order valence-corrected chi connectivity index (χ1v) is 8.85. The second kappa shape index (κ2) is 6.45. The van der Waals surface area contributed by atoms with Crippen molar-refractivity contribution in [2.24, 2.45) is 0 Å². The van der Waals surface area contributed by atoms with Crippen molar-refractivity contribution in [3.63, 3.8) is 0 Å². The Hall–Kier alpha value is -1.66. The third-order valence-corrected chi connectivity index (χ3v) is 5.32. The molecule has 5 nitrogen and oxygen atoms in total. The second-order valence-corrected chi connectivity index (χ2v) is 7.14. The molecule has 1 fully saturated rings. The summed E-state index contributed by atoms with van der Waals surface area (Å²) in [5.74, 6) is -0.299. The Morgan fingerprint density at radius 3 is 2.74 bits per heavy atom. The molecule has 1 N–H and O–H groups in total. The van der Waals surface area contributed by atoms with Crippen LogP contribution < -0.4 is 4.90 Å². The summed E-state index contributed by atoms with van der Waals surface area (Å²) in [5.41, 5.74) is 1.45. The largest absolute Gasteiger partial charge is 0.462 e. The monoisotopic (exact) mass is 334 g/mol. The Morgan fingerprint density at radius 1 is 1.39 bits per heavy atom. The number of rotatable bonds is 3. The lowest BCUT2D eigenvalue weighted by Gasteiger charge is -2.41. The molecule has 0 aliphatic carbocycles. The molecule has 0 radical (unpaired) electrons. The van der Waals surface area contributed by atoms with Gasteiger partial charge in [0.2, 0.25) is 0 Å². The number of esters is 1. The van der Waals surface area contributed by atoms with Crippen LogP contribution in [0.1, 0.15) is 44.0 Å². The summed E-state index contributed by atoms with van der Waals surface area (Å²) in [6, 6.07) is 5.98. The number of thiazole rings is 1. The molecule has 124 valence electrons. The van der Waals surface area contributed by atoms with E-state index in [1.54, 1.807) is 24.3 Å². The van der Waals surface area contributed by atoms with Crippen molar-refractivity contribution < 1.29 is 14.6 Å². The van der Waals surface area contributed by atoms with Gasteiger partial charge >= 0.3 is 5.97 Å². The van der Waals surface area contributed by atoms with Gasteiger partial charge in [0.25, 0.3) is 0 Å². The van der Waals surface area contributed by atoms with Crippen molar-refractivity contribution in [3.05, 3.63) is 23.8 Å². The lowest BCUT2D eigenvalue weighted by molar-refractivity contribution is 0.0526. The SMILES string of the molecule is CCOC(=O)c1ccc2nc(N3C(C)CC(O)CC3C)sc2c1. The summed E-state index contributed by atoms with van der Waals surface area (Å²) in [6.07, 6.45) is 1.28. The first kappa shape index (κ1) is 16.2. The van der Waals surface area contributed by atoms with Gasteiger partial charge in [-0.2, -0.15) is 0 Å². The fourth-order valence-electron chi connectivity index (χ4n) is 3.29. The number of ether oxygens (including phenoxy) is 1. The third kappa shape index (κ3) is 3.19. The van der Waals surface area contributed by atoms with Gasteiger partial charge in [-0.15, -0.1) is 0 Å². The van der Waals surface area contributed by atoms with Gasteiger partial charge in [-0.25, -0.2) is 9.78 Å². The van der Waals surface area contributed by atoms with Gasteiger partial charge in [0.1, 0.15) is 0 Å². The molecule has 23 heavy (non-hydrogen) atoms. The number of fused-ring (bicyclic) bond motifs is 1. The normalized spacial score (nSPS) is 24.9. The summed E-state index contributed by atoms with van der Waals surface area (Å²) in [7, 11) is 0. The van der Waals surface area contributed by atoms with Crippen LogP contribution >= 0.6 is 11.3 Å². The highest BCUT2D eigenvalue weighted by Crippen LogP contribution is 2.35. The number of nitrogens with zero attached hydrogens (tertiary/aromatic N) is 2. The Morgan fingerprint density at radius 2 is 2.09 bits per heavy atom. The Labute approximate surface area is 139 Å². The molecule has 2 atom stereocenters. The van der Waals surface area contributed by atoms with E-state index in [1.165, 1.54) is 0 Å². The number of hydrogen-bond acceptors (Lipinski definition) is 6. The Bertz CT molecular complexity index is 703. The maximum atomic E-state index is 11.9. The van der Waals surface area contributed by atoms with Crippen LogP contribution in [0.3, 0.4) is 0 Å². The lowest BCUT2D eigenvalue weighted by atomic mass is 9.96. The highest BCUT2D eigenvalue weighted by Gasteiger charge is 2.31. The Balaban J connectivity index is 1.92. The minimum Gasteiger partial charge on any atom is -0.462 e. The van der Waals surface area contributed by atoms with E-state index in [9.17, 15) is 9.90 Å². The van der Waals surface area contributed by atoms with Crippen LogP contribution in [0.4, 0.5) is 5.13 Å². The van der Waals surface area contributed by atoms with Gasteiger partial charge in [-0.05, 0) is 51.8 Å². The maximum absolute atomic E-state index is 11.9. The van der Waals surface area contributed by atoms with E-state index in [0.717, 1.165) is 28.2 Å². The smallest absolute Gasteiger partial charge is 0.338 e. The zero-order valence-electron chi connectivity index (χ0n) is 13.7. The minimum atomic E-state index is -0.299. The molecule has 6 heteroatoms. The van der Waals surface area contributed by atoms with Gasteiger partial charge in [-0.1, -0.05) is 11.3 Å². The number of aromatic nitrogens is 1. The topological polar surface area (TPSA) is 62.7 Å². The molecule has 0 amide bonds.